The van der Waals surface area contributed by atoms with Crippen molar-refractivity contribution in [2.24, 2.45) is 0 Å². The molecule has 37 heavy (non-hydrogen) atoms. The van der Waals surface area contributed by atoms with E-state index in [2.05, 4.69) is 12.2 Å². The van der Waals surface area contributed by atoms with Gasteiger partial charge in [-0.1, -0.05) is 167 Å². The minimum atomic E-state index is -1.83. The second-order valence-electron chi connectivity index (χ2n) is 9.90. The van der Waals surface area contributed by atoms with Crippen LogP contribution in [-0.4, -0.2) is 15.9 Å². The predicted octanol–water partition coefficient (Wildman–Crippen LogP) is 10.9. The van der Waals surface area contributed by atoms with Crippen molar-refractivity contribution in [3.8, 4) is 5.75 Å². The van der Waals surface area contributed by atoms with Gasteiger partial charge in [0, 0.05) is 22.2 Å². The quantitative estimate of drug-likeness (QED) is 0.100. The Labute approximate surface area is 243 Å². The molecular weight excluding hydrogens is 548 g/mol. The number of nitrogens with one attached hydrogen (secondary N) is 1. The molecule has 0 heterocycles. The number of alkyl halides is 3. The Morgan fingerprint density at radius 1 is 0.757 bits per heavy atom. The van der Waals surface area contributed by atoms with Gasteiger partial charge in [-0.2, -0.15) is 0 Å². The summed E-state index contributed by atoms with van der Waals surface area (Å²) in [5.41, 5.74) is 0. The van der Waals surface area contributed by atoms with Crippen LogP contribution in [0.2, 0.25) is 5.02 Å². The number of amides is 1. The number of rotatable bonds is 19. The number of halogens is 4. The number of carbonyl (C=O) groups is 1. The lowest BCUT2D eigenvalue weighted by molar-refractivity contribution is -0.123. The largest absolute Gasteiger partial charge is 0.465 e. The van der Waals surface area contributed by atoms with Gasteiger partial charge >= 0.3 is 0 Å². The highest BCUT2D eigenvalue weighted by Crippen LogP contribution is 2.36. The van der Waals surface area contributed by atoms with Gasteiger partial charge in [-0.05, 0) is 18.6 Å². The van der Waals surface area contributed by atoms with Crippen molar-refractivity contribution in [1.29, 1.82) is 0 Å². The van der Waals surface area contributed by atoms with Crippen molar-refractivity contribution in [3.05, 3.63) is 41.4 Å². The molecule has 2 aromatic carbocycles. The first-order valence-corrected chi connectivity index (χ1v) is 15.5. The lowest BCUT2D eigenvalue weighted by Crippen LogP contribution is -2.47. The Bertz CT molecular complexity index is 916. The molecular formula is C30H43Cl4NO2. The minimum absolute atomic E-state index is 0.190. The van der Waals surface area contributed by atoms with Crippen LogP contribution in [0.3, 0.4) is 0 Å². The normalized spacial score (nSPS) is 12.6. The maximum absolute atomic E-state index is 12.6. The Morgan fingerprint density at radius 3 is 1.76 bits per heavy atom. The first-order valence-electron chi connectivity index (χ1n) is 14.0. The molecule has 208 valence electrons. The Kier molecular flexibility index (Phi) is 16.1. The van der Waals surface area contributed by atoms with Crippen molar-refractivity contribution >= 4 is 63.1 Å². The van der Waals surface area contributed by atoms with Gasteiger partial charge in [0.15, 0.2) is 0 Å². The van der Waals surface area contributed by atoms with E-state index in [1.807, 2.05) is 24.3 Å². The maximum Gasteiger partial charge on any atom is 0.246 e. The van der Waals surface area contributed by atoms with Crippen molar-refractivity contribution in [2.45, 2.75) is 120 Å². The zero-order valence-corrected chi connectivity index (χ0v) is 25.2. The number of unbranched alkanes of at least 4 members (excludes halogenated alkanes) is 14. The highest BCUT2D eigenvalue weighted by atomic mass is 35.6. The zero-order valence-electron chi connectivity index (χ0n) is 22.2. The van der Waals surface area contributed by atoms with E-state index in [1.54, 1.807) is 12.1 Å². The molecule has 0 saturated carbocycles. The standard InChI is InChI=1S/C30H43Cl4NO2/c1-2-3-4-5-6-7-8-9-10-11-12-13-14-15-16-21-28(36)35-29(30(32,33)34)37-27-23-22-26(31)24-19-17-18-20-25(24)27/h17-20,22-23,29H,2-16,21H2,1H3,(H,35,36)/t29-/m1/s1. The fraction of sp³-hybridized carbons (Fsp3) is 0.633. The van der Waals surface area contributed by atoms with E-state index in [0.29, 0.717) is 17.2 Å². The van der Waals surface area contributed by atoms with Crippen LogP contribution < -0.4 is 10.1 Å². The molecule has 0 aromatic heterocycles. The third-order valence-corrected chi connectivity index (χ3v) is 7.60. The first-order chi connectivity index (χ1) is 17.8. The van der Waals surface area contributed by atoms with Crippen LogP contribution in [0.15, 0.2) is 36.4 Å². The molecule has 0 radical (unpaired) electrons. The van der Waals surface area contributed by atoms with Crippen molar-refractivity contribution in [1.82, 2.24) is 5.32 Å². The van der Waals surface area contributed by atoms with Gasteiger partial charge in [-0.3, -0.25) is 4.79 Å². The lowest BCUT2D eigenvalue weighted by atomic mass is 10.0. The molecule has 0 fully saturated rings. The Hall–Kier alpha value is -0.870. The van der Waals surface area contributed by atoms with E-state index < -0.39 is 10.0 Å². The average Bonchev–Trinajstić information content (AvgIpc) is 2.87. The third-order valence-electron chi connectivity index (χ3n) is 6.67. The van der Waals surface area contributed by atoms with Crippen LogP contribution in [-0.2, 0) is 4.79 Å². The fourth-order valence-corrected chi connectivity index (χ4v) is 5.04. The number of carbonyl (C=O) groups excluding carboxylic acids is 1. The Morgan fingerprint density at radius 2 is 1.24 bits per heavy atom. The molecule has 2 aromatic rings. The number of ether oxygens (including phenoxy) is 1. The highest BCUT2D eigenvalue weighted by Gasteiger charge is 2.36. The SMILES string of the molecule is CCCCCCCCCCCCCCCCCC(=O)N[C@H](Oc1ccc(Cl)c2ccccc12)C(Cl)(Cl)Cl. The topological polar surface area (TPSA) is 38.3 Å². The smallest absolute Gasteiger partial charge is 0.246 e. The second-order valence-corrected chi connectivity index (χ2v) is 12.7. The molecule has 7 heteroatoms. The van der Waals surface area contributed by atoms with Crippen molar-refractivity contribution in [2.75, 3.05) is 0 Å². The molecule has 3 nitrogen and oxygen atoms in total. The molecule has 0 aliphatic rings. The zero-order chi connectivity index (χ0) is 26.9. The fourth-order valence-electron chi connectivity index (χ4n) is 4.52. The van der Waals surface area contributed by atoms with Gasteiger partial charge in [-0.25, -0.2) is 0 Å². The molecule has 0 aliphatic carbocycles. The summed E-state index contributed by atoms with van der Waals surface area (Å²) in [5.74, 6) is 0.299. The molecule has 0 aliphatic heterocycles. The van der Waals surface area contributed by atoms with Gasteiger partial charge in [0.1, 0.15) is 5.75 Å². The highest BCUT2D eigenvalue weighted by molar-refractivity contribution is 6.68. The van der Waals surface area contributed by atoms with E-state index in [4.69, 9.17) is 51.1 Å². The summed E-state index contributed by atoms with van der Waals surface area (Å²) < 4.78 is 4.13. The molecule has 1 atom stereocenters. The van der Waals surface area contributed by atoms with Gasteiger partial charge in [0.05, 0.1) is 0 Å². The van der Waals surface area contributed by atoms with Crippen molar-refractivity contribution in [3.63, 3.8) is 0 Å². The molecule has 0 spiro atoms. The van der Waals surface area contributed by atoms with Crippen LogP contribution in [0.25, 0.3) is 10.8 Å². The molecule has 2 rings (SSSR count). The summed E-state index contributed by atoms with van der Waals surface area (Å²) in [5, 5.41) is 4.96. The molecule has 0 unspecified atom stereocenters. The summed E-state index contributed by atoms with van der Waals surface area (Å²) in [6.45, 7) is 2.27. The van der Waals surface area contributed by atoms with Crippen LogP contribution >= 0.6 is 46.4 Å². The summed E-state index contributed by atoms with van der Waals surface area (Å²) in [4.78, 5) is 12.6. The number of hydrogen-bond acceptors (Lipinski definition) is 2. The van der Waals surface area contributed by atoms with E-state index in [0.717, 1.165) is 30.0 Å². The summed E-state index contributed by atoms with van der Waals surface area (Å²) >= 11 is 24.7. The molecule has 1 amide bonds. The summed E-state index contributed by atoms with van der Waals surface area (Å²) in [6.07, 6.45) is 18.5. The van der Waals surface area contributed by atoms with E-state index in [-0.39, 0.29) is 5.91 Å². The number of fused-ring (bicyclic) bond motifs is 1. The number of benzene rings is 2. The van der Waals surface area contributed by atoms with Crippen LogP contribution in [0.1, 0.15) is 110 Å². The summed E-state index contributed by atoms with van der Waals surface area (Å²) in [7, 11) is 0. The molecule has 0 saturated heterocycles. The first kappa shape index (κ1) is 32.3. The molecule has 1 N–H and O–H groups in total. The third kappa shape index (κ3) is 13.2. The predicted molar refractivity (Wildman–Crippen MR) is 161 cm³/mol. The number of hydrogen-bond donors (Lipinski definition) is 1. The maximum atomic E-state index is 12.6. The van der Waals surface area contributed by atoms with E-state index >= 15 is 0 Å². The van der Waals surface area contributed by atoms with Gasteiger partial charge in [0.2, 0.25) is 15.9 Å². The average molecular weight is 591 g/mol. The van der Waals surface area contributed by atoms with Gasteiger partial charge in [-0.15, -0.1) is 0 Å². The lowest BCUT2D eigenvalue weighted by Gasteiger charge is -2.27. The van der Waals surface area contributed by atoms with Crippen LogP contribution in [0, 0.1) is 0 Å². The van der Waals surface area contributed by atoms with Crippen LogP contribution in [0.5, 0.6) is 5.75 Å². The Balaban J connectivity index is 1.60. The van der Waals surface area contributed by atoms with Gasteiger partial charge in [0.25, 0.3) is 0 Å². The van der Waals surface area contributed by atoms with Gasteiger partial charge < -0.3 is 10.1 Å². The monoisotopic (exact) mass is 589 g/mol. The van der Waals surface area contributed by atoms with Crippen LogP contribution in [0.4, 0.5) is 0 Å². The minimum Gasteiger partial charge on any atom is -0.465 e. The van der Waals surface area contributed by atoms with Crippen molar-refractivity contribution < 1.29 is 9.53 Å². The summed E-state index contributed by atoms with van der Waals surface area (Å²) in [6, 6.07) is 11.0. The van der Waals surface area contributed by atoms with E-state index in [9.17, 15) is 4.79 Å². The second kappa shape index (κ2) is 18.4. The molecule has 0 bridgehead atoms. The van der Waals surface area contributed by atoms with E-state index in [1.165, 1.54) is 77.0 Å².